The fourth-order valence-corrected chi connectivity index (χ4v) is 3.65. The fraction of sp³-hybridized carbons (Fsp3) is 0.217. The Morgan fingerprint density at radius 3 is 2.26 bits per heavy atom. The van der Waals surface area contributed by atoms with E-state index < -0.39 is 0 Å². The highest BCUT2D eigenvalue weighted by Gasteiger charge is 2.21. The van der Waals surface area contributed by atoms with E-state index >= 15 is 0 Å². The van der Waals surface area contributed by atoms with Crippen molar-refractivity contribution in [2.24, 2.45) is 0 Å². The Bertz CT molecular complexity index is 974. The molecule has 1 aliphatic rings. The molecule has 27 heavy (non-hydrogen) atoms. The molecule has 1 fully saturated rings. The molecule has 2 heterocycles. The Morgan fingerprint density at radius 2 is 1.56 bits per heavy atom. The van der Waals surface area contributed by atoms with Gasteiger partial charge in [-0.15, -0.1) is 0 Å². The lowest BCUT2D eigenvalue weighted by Crippen LogP contribution is -2.45. The van der Waals surface area contributed by atoms with E-state index in [1.54, 1.807) is 6.08 Å². The van der Waals surface area contributed by atoms with Crippen molar-refractivity contribution in [3.63, 3.8) is 0 Å². The van der Waals surface area contributed by atoms with Crippen molar-refractivity contribution in [3.8, 4) is 11.3 Å². The molecule has 1 aromatic heterocycles. The molecule has 0 unspecified atom stereocenters. The number of allylic oxidation sites excluding steroid dienone is 1. The third kappa shape index (κ3) is 3.49. The number of carbonyl (C=O) groups excluding carboxylic acids is 1. The highest BCUT2D eigenvalue weighted by atomic mass is 16.1. The molecule has 4 nitrogen and oxygen atoms in total. The monoisotopic (exact) mass is 357 g/mol. The number of piperazine rings is 1. The first-order chi connectivity index (χ1) is 13.3. The number of aldehydes is 1. The maximum absolute atomic E-state index is 11.0. The predicted molar refractivity (Wildman–Crippen MR) is 112 cm³/mol. The number of hydrogen-bond acceptors (Lipinski definition) is 4. The molecular formula is C23H23N3O. The second-order valence-corrected chi connectivity index (χ2v) is 6.89. The van der Waals surface area contributed by atoms with Gasteiger partial charge in [-0.3, -0.25) is 4.79 Å². The quantitative estimate of drug-likeness (QED) is 0.525. The SMILES string of the molecule is CN1CCN(c2nc(-c3ccccc3)c3ccccc3c2C=CC=O)CC1. The molecule has 2 aromatic carbocycles. The first kappa shape index (κ1) is 17.4. The van der Waals surface area contributed by atoms with Crippen molar-refractivity contribution in [2.75, 3.05) is 38.1 Å². The van der Waals surface area contributed by atoms with Gasteiger partial charge in [-0.1, -0.05) is 54.6 Å². The number of rotatable bonds is 4. The van der Waals surface area contributed by atoms with Crippen LogP contribution in [-0.4, -0.2) is 49.4 Å². The molecule has 3 aromatic rings. The van der Waals surface area contributed by atoms with Crippen LogP contribution in [0.25, 0.3) is 28.1 Å². The predicted octanol–water partition coefficient (Wildman–Crippen LogP) is 3.87. The van der Waals surface area contributed by atoms with Crippen LogP contribution in [-0.2, 0) is 4.79 Å². The first-order valence-corrected chi connectivity index (χ1v) is 9.31. The highest BCUT2D eigenvalue weighted by Crippen LogP contribution is 2.35. The van der Waals surface area contributed by atoms with E-state index in [-0.39, 0.29) is 0 Å². The van der Waals surface area contributed by atoms with Gasteiger partial charge in [0.2, 0.25) is 0 Å². The van der Waals surface area contributed by atoms with Crippen molar-refractivity contribution >= 4 is 29.0 Å². The topological polar surface area (TPSA) is 36.4 Å². The molecule has 4 heteroatoms. The summed E-state index contributed by atoms with van der Waals surface area (Å²) in [5.74, 6) is 0.957. The number of hydrogen-bond donors (Lipinski definition) is 0. The van der Waals surface area contributed by atoms with E-state index in [0.717, 1.165) is 65.9 Å². The summed E-state index contributed by atoms with van der Waals surface area (Å²) >= 11 is 0. The van der Waals surface area contributed by atoms with Crippen molar-refractivity contribution in [2.45, 2.75) is 0 Å². The Balaban J connectivity index is 1.96. The molecule has 4 rings (SSSR count). The standard InChI is InChI=1S/C23H23N3O/c1-25-13-15-26(16-14-25)23-21(12-7-17-27)19-10-5-6-11-20(19)22(24-23)18-8-3-2-4-9-18/h2-12,17H,13-16H2,1H3. The average molecular weight is 357 g/mol. The average Bonchev–Trinajstić information content (AvgIpc) is 2.73. The molecule has 0 radical (unpaired) electrons. The van der Waals surface area contributed by atoms with Crippen LogP contribution in [0.15, 0.2) is 60.7 Å². The number of pyridine rings is 1. The lowest BCUT2D eigenvalue weighted by atomic mass is 9.99. The molecule has 0 N–H and O–H groups in total. The molecule has 136 valence electrons. The first-order valence-electron chi connectivity index (χ1n) is 9.31. The Hall–Kier alpha value is -2.98. The van der Waals surface area contributed by atoms with E-state index in [9.17, 15) is 4.79 Å². The Morgan fingerprint density at radius 1 is 0.889 bits per heavy atom. The van der Waals surface area contributed by atoms with Gasteiger partial charge in [0.1, 0.15) is 12.1 Å². The van der Waals surface area contributed by atoms with E-state index in [2.05, 4.69) is 41.1 Å². The lowest BCUT2D eigenvalue weighted by molar-refractivity contribution is -0.104. The smallest absolute Gasteiger partial charge is 0.142 e. The van der Waals surface area contributed by atoms with Crippen molar-refractivity contribution in [1.82, 2.24) is 9.88 Å². The summed E-state index contributed by atoms with van der Waals surface area (Å²) in [6.45, 7) is 3.87. The summed E-state index contributed by atoms with van der Waals surface area (Å²) in [6.07, 6.45) is 4.28. The van der Waals surface area contributed by atoms with Gasteiger partial charge in [-0.2, -0.15) is 0 Å². The minimum Gasteiger partial charge on any atom is -0.354 e. The molecular weight excluding hydrogens is 334 g/mol. The maximum Gasteiger partial charge on any atom is 0.142 e. The highest BCUT2D eigenvalue weighted by molar-refractivity contribution is 6.03. The van der Waals surface area contributed by atoms with Gasteiger partial charge in [0.05, 0.1) is 5.69 Å². The molecule has 0 amide bonds. The van der Waals surface area contributed by atoms with Gasteiger partial charge >= 0.3 is 0 Å². The molecule has 0 aliphatic carbocycles. The molecule has 0 atom stereocenters. The van der Waals surface area contributed by atoms with Crippen molar-refractivity contribution < 1.29 is 4.79 Å². The molecule has 1 saturated heterocycles. The fourth-order valence-electron chi connectivity index (χ4n) is 3.65. The van der Waals surface area contributed by atoms with Crippen LogP contribution >= 0.6 is 0 Å². The van der Waals surface area contributed by atoms with Gasteiger partial charge in [-0.25, -0.2) is 4.98 Å². The maximum atomic E-state index is 11.0. The Labute approximate surface area is 159 Å². The number of aromatic nitrogens is 1. The van der Waals surface area contributed by atoms with Gasteiger partial charge in [0, 0.05) is 42.7 Å². The van der Waals surface area contributed by atoms with E-state index in [1.807, 2.05) is 36.4 Å². The van der Waals surface area contributed by atoms with Crippen LogP contribution in [0.3, 0.4) is 0 Å². The number of fused-ring (bicyclic) bond motifs is 1. The zero-order valence-corrected chi connectivity index (χ0v) is 15.5. The van der Waals surface area contributed by atoms with E-state index in [0.29, 0.717) is 0 Å². The zero-order chi connectivity index (χ0) is 18.6. The van der Waals surface area contributed by atoms with Crippen LogP contribution in [0.2, 0.25) is 0 Å². The minimum atomic E-state index is 0.827. The van der Waals surface area contributed by atoms with Crippen LogP contribution < -0.4 is 4.90 Å². The van der Waals surface area contributed by atoms with Crippen LogP contribution in [0.4, 0.5) is 5.82 Å². The van der Waals surface area contributed by atoms with Gasteiger partial charge < -0.3 is 9.80 Å². The second kappa shape index (κ2) is 7.72. The lowest BCUT2D eigenvalue weighted by Gasteiger charge is -2.34. The second-order valence-electron chi connectivity index (χ2n) is 6.89. The largest absolute Gasteiger partial charge is 0.354 e. The molecule has 0 saturated carbocycles. The number of benzene rings is 2. The number of likely N-dealkylation sites (N-methyl/N-ethyl adjacent to an activating group) is 1. The molecule has 0 spiro atoms. The summed E-state index contributed by atoms with van der Waals surface area (Å²) < 4.78 is 0. The normalized spacial score (nSPS) is 15.5. The third-order valence-electron chi connectivity index (χ3n) is 5.12. The van der Waals surface area contributed by atoms with E-state index in [4.69, 9.17) is 4.98 Å². The molecule has 0 bridgehead atoms. The summed E-state index contributed by atoms with van der Waals surface area (Å²) in [5.41, 5.74) is 3.11. The minimum absolute atomic E-state index is 0.827. The number of anilines is 1. The van der Waals surface area contributed by atoms with Gasteiger partial charge in [-0.05, 0) is 24.6 Å². The van der Waals surface area contributed by atoms with Crippen molar-refractivity contribution in [1.29, 1.82) is 0 Å². The summed E-state index contributed by atoms with van der Waals surface area (Å²) in [7, 11) is 2.15. The van der Waals surface area contributed by atoms with Gasteiger partial charge in [0.15, 0.2) is 0 Å². The zero-order valence-electron chi connectivity index (χ0n) is 15.5. The van der Waals surface area contributed by atoms with Crippen LogP contribution in [0.5, 0.6) is 0 Å². The number of carbonyl (C=O) groups is 1. The molecule has 1 aliphatic heterocycles. The van der Waals surface area contributed by atoms with Gasteiger partial charge in [0.25, 0.3) is 0 Å². The summed E-state index contributed by atoms with van der Waals surface area (Å²) in [5, 5.41) is 2.23. The number of nitrogens with zero attached hydrogens (tertiary/aromatic N) is 3. The van der Waals surface area contributed by atoms with Crippen LogP contribution in [0, 0.1) is 0 Å². The third-order valence-corrected chi connectivity index (χ3v) is 5.12. The van der Waals surface area contributed by atoms with Crippen LogP contribution in [0.1, 0.15) is 5.56 Å². The van der Waals surface area contributed by atoms with E-state index in [1.165, 1.54) is 0 Å². The summed E-state index contributed by atoms with van der Waals surface area (Å²) in [4.78, 5) is 20.8. The summed E-state index contributed by atoms with van der Waals surface area (Å²) in [6, 6.07) is 18.6. The van der Waals surface area contributed by atoms with Crippen molar-refractivity contribution in [3.05, 3.63) is 66.2 Å². The Kier molecular flexibility index (Phi) is 4.99.